The molecule has 158 valence electrons. The van der Waals surface area contributed by atoms with Crippen molar-refractivity contribution in [3.63, 3.8) is 0 Å². The van der Waals surface area contributed by atoms with Gasteiger partial charge in [-0.2, -0.15) is 0 Å². The van der Waals surface area contributed by atoms with Gasteiger partial charge >= 0.3 is 0 Å². The first-order valence-electron chi connectivity index (χ1n) is 9.14. The van der Waals surface area contributed by atoms with Crippen molar-refractivity contribution < 1.29 is 32.3 Å². The fourth-order valence-electron chi connectivity index (χ4n) is 3.28. The Morgan fingerprint density at radius 1 is 1.07 bits per heavy atom. The van der Waals surface area contributed by atoms with Crippen LogP contribution in [-0.2, 0) is 11.2 Å². The first-order chi connectivity index (χ1) is 14.2. The van der Waals surface area contributed by atoms with Crippen molar-refractivity contribution in [2.75, 3.05) is 6.54 Å². The van der Waals surface area contributed by atoms with Crippen molar-refractivity contribution in [1.82, 2.24) is 9.88 Å². The first kappa shape index (κ1) is 21.4. The van der Waals surface area contributed by atoms with Crippen LogP contribution >= 0.6 is 0 Å². The maximum Gasteiger partial charge on any atom is 0.262 e. The molecule has 0 bridgehead atoms. The SMILES string of the molecule is CCCNC(=O)Cc1c(C)n(C(=O)c2ccc(F)c(F)c2)c2cc(F)c(O)c(F)c12. The molecule has 9 heteroatoms. The molecule has 3 aromatic rings. The summed E-state index contributed by atoms with van der Waals surface area (Å²) in [5.41, 5.74) is -0.323. The monoisotopic (exact) mass is 422 g/mol. The Balaban J connectivity index is 2.23. The van der Waals surface area contributed by atoms with Crippen molar-refractivity contribution in [1.29, 1.82) is 0 Å². The molecule has 2 aromatic carbocycles. The third-order valence-corrected chi connectivity index (χ3v) is 4.77. The first-order valence-corrected chi connectivity index (χ1v) is 9.14. The molecular weight excluding hydrogens is 404 g/mol. The number of benzene rings is 2. The molecule has 0 aliphatic carbocycles. The van der Waals surface area contributed by atoms with Gasteiger partial charge in [-0.05, 0) is 37.1 Å². The highest BCUT2D eigenvalue weighted by atomic mass is 19.2. The van der Waals surface area contributed by atoms with Crippen LogP contribution in [0.25, 0.3) is 10.9 Å². The number of aromatic hydroxyl groups is 1. The summed E-state index contributed by atoms with van der Waals surface area (Å²) in [6.45, 7) is 3.64. The zero-order valence-electron chi connectivity index (χ0n) is 16.2. The lowest BCUT2D eigenvalue weighted by Gasteiger charge is -2.08. The molecule has 0 saturated carbocycles. The molecule has 5 nitrogen and oxygen atoms in total. The summed E-state index contributed by atoms with van der Waals surface area (Å²) in [5.74, 6) is -7.61. The van der Waals surface area contributed by atoms with Gasteiger partial charge in [0.05, 0.1) is 11.9 Å². The van der Waals surface area contributed by atoms with Crippen LogP contribution in [0.4, 0.5) is 17.6 Å². The maximum absolute atomic E-state index is 14.7. The van der Waals surface area contributed by atoms with E-state index in [0.717, 1.165) is 22.8 Å². The molecule has 0 aliphatic rings. The zero-order valence-corrected chi connectivity index (χ0v) is 16.2. The van der Waals surface area contributed by atoms with E-state index in [1.165, 1.54) is 6.92 Å². The fourth-order valence-corrected chi connectivity index (χ4v) is 3.28. The van der Waals surface area contributed by atoms with E-state index < -0.39 is 40.8 Å². The predicted molar refractivity (Wildman–Crippen MR) is 101 cm³/mol. The molecule has 2 N–H and O–H groups in total. The maximum atomic E-state index is 14.7. The minimum atomic E-state index is -1.32. The minimum absolute atomic E-state index is 0.0716. The van der Waals surface area contributed by atoms with Crippen LogP contribution in [0, 0.1) is 30.2 Å². The van der Waals surface area contributed by atoms with Gasteiger partial charge in [-0.15, -0.1) is 0 Å². The molecule has 30 heavy (non-hydrogen) atoms. The number of rotatable bonds is 5. The van der Waals surface area contributed by atoms with Gasteiger partial charge in [-0.3, -0.25) is 14.2 Å². The van der Waals surface area contributed by atoms with Crippen molar-refractivity contribution in [2.45, 2.75) is 26.7 Å². The lowest BCUT2D eigenvalue weighted by molar-refractivity contribution is -0.120. The highest BCUT2D eigenvalue weighted by molar-refractivity contribution is 6.05. The normalized spacial score (nSPS) is 11.1. The van der Waals surface area contributed by atoms with Crippen LogP contribution in [0.2, 0.25) is 0 Å². The molecular formula is C21H18F4N2O3. The summed E-state index contributed by atoms with van der Waals surface area (Å²) in [6.07, 6.45) is 0.337. The average Bonchev–Trinajstić information content (AvgIpc) is 2.97. The number of halogens is 4. The van der Waals surface area contributed by atoms with Crippen molar-refractivity contribution in [3.8, 4) is 5.75 Å². The second kappa shape index (κ2) is 8.17. The van der Waals surface area contributed by atoms with Crippen molar-refractivity contribution >= 4 is 22.7 Å². The quantitative estimate of drug-likeness (QED) is 0.612. The van der Waals surface area contributed by atoms with E-state index in [4.69, 9.17) is 0 Å². The van der Waals surface area contributed by atoms with Gasteiger partial charge in [0, 0.05) is 29.3 Å². The van der Waals surface area contributed by atoms with Crippen molar-refractivity contribution in [2.24, 2.45) is 0 Å². The third kappa shape index (κ3) is 3.62. The molecule has 0 unspecified atom stereocenters. The number of carbonyl (C=O) groups is 2. The molecule has 0 radical (unpaired) electrons. The van der Waals surface area contributed by atoms with E-state index in [-0.39, 0.29) is 34.1 Å². The lowest BCUT2D eigenvalue weighted by atomic mass is 10.1. The van der Waals surface area contributed by atoms with Gasteiger partial charge in [-0.1, -0.05) is 6.92 Å². The Morgan fingerprint density at radius 3 is 2.40 bits per heavy atom. The Labute approximate surface area is 168 Å². The average molecular weight is 422 g/mol. The molecule has 0 spiro atoms. The van der Waals surface area contributed by atoms with Crippen LogP contribution in [0.1, 0.15) is 35.0 Å². The second-order valence-electron chi connectivity index (χ2n) is 6.78. The summed E-state index contributed by atoms with van der Waals surface area (Å²) in [7, 11) is 0. The number of nitrogens with one attached hydrogen (secondary N) is 1. The molecule has 0 fully saturated rings. The second-order valence-corrected chi connectivity index (χ2v) is 6.78. The number of phenols is 1. The fraction of sp³-hybridized carbons (Fsp3) is 0.238. The van der Waals surface area contributed by atoms with Gasteiger partial charge in [0.1, 0.15) is 0 Å². The van der Waals surface area contributed by atoms with Gasteiger partial charge in [0.15, 0.2) is 29.0 Å². The van der Waals surface area contributed by atoms with E-state index in [2.05, 4.69) is 5.32 Å². The Hall–Kier alpha value is -3.36. The third-order valence-electron chi connectivity index (χ3n) is 4.77. The number of hydrogen-bond acceptors (Lipinski definition) is 3. The van der Waals surface area contributed by atoms with E-state index in [0.29, 0.717) is 19.0 Å². The summed E-state index contributed by atoms with van der Waals surface area (Å²) < 4.78 is 56.5. The van der Waals surface area contributed by atoms with Gasteiger partial charge in [0.2, 0.25) is 5.91 Å². The molecule has 0 atom stereocenters. The summed E-state index contributed by atoms with van der Waals surface area (Å²) in [4.78, 5) is 25.2. The van der Waals surface area contributed by atoms with E-state index in [1.54, 1.807) is 0 Å². The topological polar surface area (TPSA) is 71.3 Å². The van der Waals surface area contributed by atoms with Gasteiger partial charge in [-0.25, -0.2) is 17.6 Å². The molecule has 1 heterocycles. The highest BCUT2D eigenvalue weighted by Gasteiger charge is 2.27. The van der Waals surface area contributed by atoms with Gasteiger partial charge in [0.25, 0.3) is 5.91 Å². The highest BCUT2D eigenvalue weighted by Crippen LogP contribution is 2.35. The van der Waals surface area contributed by atoms with E-state index >= 15 is 0 Å². The minimum Gasteiger partial charge on any atom is -0.503 e. The number of amides is 1. The zero-order chi connectivity index (χ0) is 22.2. The van der Waals surface area contributed by atoms with Gasteiger partial charge < -0.3 is 10.4 Å². The van der Waals surface area contributed by atoms with E-state index in [9.17, 15) is 32.3 Å². The number of fused-ring (bicyclic) bond motifs is 1. The van der Waals surface area contributed by atoms with Crippen LogP contribution in [0.5, 0.6) is 5.75 Å². The van der Waals surface area contributed by atoms with Crippen LogP contribution in [0.15, 0.2) is 24.3 Å². The molecule has 1 aromatic heterocycles. The predicted octanol–water partition coefficient (Wildman–Crippen LogP) is 3.97. The largest absolute Gasteiger partial charge is 0.503 e. The molecule has 1 amide bonds. The van der Waals surface area contributed by atoms with Crippen molar-refractivity contribution in [3.05, 3.63) is 64.4 Å². The lowest BCUT2D eigenvalue weighted by Crippen LogP contribution is -2.26. The Morgan fingerprint density at radius 2 is 1.77 bits per heavy atom. The van der Waals surface area contributed by atoms with Crippen LogP contribution < -0.4 is 5.32 Å². The van der Waals surface area contributed by atoms with E-state index in [1.807, 2.05) is 6.92 Å². The summed E-state index contributed by atoms with van der Waals surface area (Å²) in [5, 5.41) is 12.0. The number of phenolic OH excluding ortho intramolecular Hbond substituents is 1. The molecule has 0 saturated heterocycles. The number of hydrogen-bond donors (Lipinski definition) is 2. The summed E-state index contributed by atoms with van der Waals surface area (Å²) in [6, 6.07) is 3.22. The smallest absolute Gasteiger partial charge is 0.262 e. The summed E-state index contributed by atoms with van der Waals surface area (Å²) >= 11 is 0. The molecule has 3 rings (SSSR count). The Bertz CT molecular complexity index is 1170. The Kier molecular flexibility index (Phi) is 5.82. The standard InChI is InChI=1S/C21H18F4N2O3/c1-3-6-26-17(28)8-12-10(2)27(16-9-15(24)20(29)19(25)18(12)16)21(30)11-4-5-13(22)14(23)7-11/h4-5,7,9,29H,3,6,8H2,1-2H3,(H,26,28). The number of aromatic nitrogens is 1. The van der Waals surface area contributed by atoms with Crippen LogP contribution in [0.3, 0.4) is 0 Å². The number of nitrogens with zero attached hydrogens (tertiary/aromatic N) is 1. The molecule has 0 aliphatic heterocycles. The van der Waals surface area contributed by atoms with Crippen LogP contribution in [-0.4, -0.2) is 28.0 Å². The number of carbonyl (C=O) groups excluding carboxylic acids is 2.